The third-order valence-electron chi connectivity index (χ3n) is 2.40. The quantitative estimate of drug-likeness (QED) is 0.798. The minimum Gasteiger partial charge on any atom is -0.494 e. The van der Waals surface area contributed by atoms with Gasteiger partial charge in [-0.3, -0.25) is 4.79 Å². The van der Waals surface area contributed by atoms with Gasteiger partial charge in [0.25, 0.3) is 0 Å². The Kier molecular flexibility index (Phi) is 4.85. The first-order chi connectivity index (χ1) is 8.45. The lowest BCUT2D eigenvalue weighted by molar-refractivity contribution is -0.147. The number of hydrogen-bond acceptors (Lipinski definition) is 4. The molecule has 1 unspecified atom stereocenters. The lowest BCUT2D eigenvalue weighted by Gasteiger charge is -2.13. The monoisotopic (exact) mass is 252 g/mol. The first-order valence-corrected chi connectivity index (χ1v) is 5.61. The van der Waals surface area contributed by atoms with Crippen LogP contribution in [0.2, 0.25) is 0 Å². The van der Waals surface area contributed by atoms with Gasteiger partial charge in [-0.15, -0.1) is 0 Å². The number of aliphatic hydroxyl groups is 1. The smallest absolute Gasteiger partial charge is 0.337 e. The van der Waals surface area contributed by atoms with Crippen molar-refractivity contribution in [2.24, 2.45) is 0 Å². The maximum atomic E-state index is 11.1. The summed E-state index contributed by atoms with van der Waals surface area (Å²) in [5.41, 5.74) is 0.699. The van der Waals surface area contributed by atoms with Crippen LogP contribution in [-0.2, 0) is 16.0 Å². The lowest BCUT2D eigenvalue weighted by atomic mass is 9.98. The first kappa shape index (κ1) is 14.2. The van der Waals surface area contributed by atoms with Crippen LogP contribution < -0.4 is 4.74 Å². The fourth-order valence-corrected chi connectivity index (χ4v) is 1.65. The normalized spacial score (nSPS) is 11.9. The van der Waals surface area contributed by atoms with Crippen LogP contribution in [0, 0.1) is 0 Å². The molecule has 1 rings (SSSR count). The zero-order valence-corrected chi connectivity index (χ0v) is 10.3. The summed E-state index contributed by atoms with van der Waals surface area (Å²) in [7, 11) is 0. The fourth-order valence-electron chi connectivity index (χ4n) is 1.65. The number of rotatable bonds is 6. The van der Waals surface area contributed by atoms with E-state index in [0.717, 1.165) is 0 Å². The number of carboxylic acid groups (broad SMARTS) is 1. The lowest BCUT2D eigenvalue weighted by Crippen LogP contribution is -2.14. The average molecular weight is 252 g/mol. The predicted molar refractivity (Wildman–Crippen MR) is 64.6 cm³/mol. The summed E-state index contributed by atoms with van der Waals surface area (Å²) in [6.07, 6.45) is -1.56. The van der Waals surface area contributed by atoms with Gasteiger partial charge in [-0.25, -0.2) is 4.79 Å². The molecule has 0 aliphatic carbocycles. The third-order valence-corrected chi connectivity index (χ3v) is 2.40. The first-order valence-electron chi connectivity index (χ1n) is 5.61. The summed E-state index contributed by atoms with van der Waals surface area (Å²) in [6, 6.07) is 4.72. The fraction of sp³-hybridized carbons (Fsp3) is 0.385. The number of ketones is 1. The molecule has 0 saturated heterocycles. The van der Waals surface area contributed by atoms with Crippen molar-refractivity contribution in [1.82, 2.24) is 0 Å². The van der Waals surface area contributed by atoms with Crippen molar-refractivity contribution in [2.45, 2.75) is 26.4 Å². The van der Waals surface area contributed by atoms with Crippen LogP contribution in [0.1, 0.15) is 31.1 Å². The molecule has 0 spiro atoms. The van der Waals surface area contributed by atoms with Gasteiger partial charge in [0.1, 0.15) is 11.5 Å². The predicted octanol–water partition coefficient (Wildman–Crippen LogP) is 1.33. The largest absolute Gasteiger partial charge is 0.494 e. The van der Waals surface area contributed by atoms with Crippen molar-refractivity contribution in [1.29, 1.82) is 0 Å². The van der Waals surface area contributed by atoms with Crippen LogP contribution in [-0.4, -0.2) is 28.6 Å². The van der Waals surface area contributed by atoms with E-state index in [1.807, 2.05) is 0 Å². The highest BCUT2D eigenvalue weighted by Gasteiger charge is 2.20. The Morgan fingerprint density at radius 2 is 2.06 bits per heavy atom. The van der Waals surface area contributed by atoms with E-state index in [1.54, 1.807) is 19.1 Å². The van der Waals surface area contributed by atoms with Crippen molar-refractivity contribution in [2.75, 3.05) is 6.61 Å². The van der Waals surface area contributed by atoms with Crippen molar-refractivity contribution < 1.29 is 24.5 Å². The zero-order chi connectivity index (χ0) is 13.7. The van der Waals surface area contributed by atoms with Crippen LogP contribution in [0.15, 0.2) is 18.2 Å². The molecule has 2 N–H and O–H groups in total. The van der Waals surface area contributed by atoms with E-state index in [9.17, 15) is 14.7 Å². The molecule has 1 aromatic rings. The second-order valence-corrected chi connectivity index (χ2v) is 3.91. The average Bonchev–Trinajstić information content (AvgIpc) is 2.29. The summed E-state index contributed by atoms with van der Waals surface area (Å²) >= 11 is 0. The summed E-state index contributed by atoms with van der Waals surface area (Å²) < 4.78 is 5.25. The van der Waals surface area contributed by atoms with E-state index in [4.69, 9.17) is 9.84 Å². The molecule has 0 fully saturated rings. The van der Waals surface area contributed by atoms with Crippen molar-refractivity contribution in [3.63, 3.8) is 0 Å². The Labute approximate surface area is 105 Å². The second-order valence-electron chi connectivity index (χ2n) is 3.91. The molecule has 1 atom stereocenters. The van der Waals surface area contributed by atoms with Gasteiger partial charge in [-0.1, -0.05) is 6.07 Å². The van der Waals surface area contributed by atoms with Gasteiger partial charge in [0.15, 0.2) is 6.10 Å². The Morgan fingerprint density at radius 1 is 1.39 bits per heavy atom. The van der Waals surface area contributed by atoms with Gasteiger partial charge in [0.05, 0.1) is 6.61 Å². The highest BCUT2D eigenvalue weighted by atomic mass is 16.5. The minimum absolute atomic E-state index is 0.0894. The summed E-state index contributed by atoms with van der Waals surface area (Å²) in [5.74, 6) is -0.980. The Balaban J connectivity index is 3.16. The Hall–Kier alpha value is -1.88. The molecule has 1 aromatic carbocycles. The Bertz CT molecular complexity index is 453. The number of hydrogen-bond donors (Lipinski definition) is 2. The number of carbonyl (C=O) groups is 2. The number of carboxylic acids is 1. The van der Waals surface area contributed by atoms with Gasteiger partial charge in [0, 0.05) is 6.42 Å². The molecular formula is C13H16O5. The van der Waals surface area contributed by atoms with Crippen LogP contribution >= 0.6 is 0 Å². The summed E-state index contributed by atoms with van der Waals surface area (Å²) in [5, 5.41) is 18.5. The van der Waals surface area contributed by atoms with Crippen molar-refractivity contribution >= 4 is 11.8 Å². The van der Waals surface area contributed by atoms with Crippen LogP contribution in [0.3, 0.4) is 0 Å². The summed E-state index contributed by atoms with van der Waals surface area (Å²) in [4.78, 5) is 21.9. The molecule has 0 aliphatic heterocycles. The molecule has 18 heavy (non-hydrogen) atoms. The SMILES string of the molecule is CCOc1ccc(CC(C)=O)c(C(O)C(=O)O)c1. The second kappa shape index (κ2) is 6.16. The van der Waals surface area contributed by atoms with Crippen LogP contribution in [0.25, 0.3) is 0 Å². The maximum Gasteiger partial charge on any atom is 0.337 e. The molecule has 0 bridgehead atoms. The molecule has 0 radical (unpaired) electrons. The van der Waals surface area contributed by atoms with Crippen LogP contribution in [0.4, 0.5) is 0 Å². The van der Waals surface area contributed by atoms with E-state index < -0.39 is 12.1 Å². The molecule has 0 aliphatic rings. The summed E-state index contributed by atoms with van der Waals surface area (Å²) in [6.45, 7) is 3.65. The van der Waals surface area contributed by atoms with Crippen molar-refractivity contribution in [3.05, 3.63) is 29.3 Å². The van der Waals surface area contributed by atoms with Crippen LogP contribution in [0.5, 0.6) is 5.75 Å². The number of ether oxygens (including phenoxy) is 1. The molecule has 0 amide bonds. The molecule has 98 valence electrons. The highest BCUT2D eigenvalue weighted by Crippen LogP contribution is 2.24. The van der Waals surface area contributed by atoms with Gasteiger partial charge >= 0.3 is 5.97 Å². The topological polar surface area (TPSA) is 83.8 Å². The molecule has 0 heterocycles. The van der Waals surface area contributed by atoms with E-state index in [0.29, 0.717) is 17.9 Å². The van der Waals surface area contributed by atoms with E-state index in [-0.39, 0.29) is 17.8 Å². The van der Waals surface area contributed by atoms with Gasteiger partial charge in [-0.05, 0) is 37.1 Å². The van der Waals surface area contributed by atoms with E-state index >= 15 is 0 Å². The number of aliphatic hydroxyl groups excluding tert-OH is 1. The highest BCUT2D eigenvalue weighted by molar-refractivity contribution is 5.80. The van der Waals surface area contributed by atoms with E-state index in [1.165, 1.54) is 13.0 Å². The number of aliphatic carboxylic acids is 1. The molecule has 5 heteroatoms. The van der Waals surface area contributed by atoms with Gasteiger partial charge in [-0.2, -0.15) is 0 Å². The molecule has 5 nitrogen and oxygen atoms in total. The number of carbonyl (C=O) groups excluding carboxylic acids is 1. The zero-order valence-electron chi connectivity index (χ0n) is 10.3. The van der Waals surface area contributed by atoms with E-state index in [2.05, 4.69) is 0 Å². The van der Waals surface area contributed by atoms with Gasteiger partial charge < -0.3 is 14.9 Å². The maximum absolute atomic E-state index is 11.1. The molecular weight excluding hydrogens is 236 g/mol. The van der Waals surface area contributed by atoms with Crippen molar-refractivity contribution in [3.8, 4) is 5.75 Å². The molecule has 0 aromatic heterocycles. The third kappa shape index (κ3) is 3.56. The number of Topliss-reactive ketones (excluding diaryl/α,β-unsaturated/α-hetero) is 1. The Morgan fingerprint density at radius 3 is 2.56 bits per heavy atom. The standard InChI is InChI=1S/C13H16O5/c1-3-18-10-5-4-9(6-8(2)14)11(7-10)12(15)13(16)17/h4-5,7,12,15H,3,6H2,1-2H3,(H,16,17). The minimum atomic E-state index is -1.65. The van der Waals surface area contributed by atoms with Gasteiger partial charge in [0.2, 0.25) is 0 Å². The molecule has 0 saturated carbocycles. The number of benzene rings is 1.